The Morgan fingerprint density at radius 1 is 1.07 bits per heavy atom. The van der Waals surface area contributed by atoms with Gasteiger partial charge in [0.1, 0.15) is 0 Å². The minimum atomic E-state index is -0.183. The SMILES string of the molecule is NCCCCCCC(=O)Nc1cccc(Cn2nc3ccccn3c2=O)c1. The average molecular weight is 367 g/mol. The molecule has 0 unspecified atom stereocenters. The summed E-state index contributed by atoms with van der Waals surface area (Å²) in [6.45, 7) is 1.05. The number of amides is 1. The maximum Gasteiger partial charge on any atom is 0.350 e. The molecule has 0 aliphatic rings. The number of pyridine rings is 1. The van der Waals surface area contributed by atoms with Crippen LogP contribution >= 0.6 is 0 Å². The fourth-order valence-corrected chi connectivity index (χ4v) is 3.00. The minimum Gasteiger partial charge on any atom is -0.330 e. The monoisotopic (exact) mass is 367 g/mol. The molecule has 0 saturated heterocycles. The van der Waals surface area contributed by atoms with E-state index in [1.54, 1.807) is 18.3 Å². The Hall–Kier alpha value is -2.93. The van der Waals surface area contributed by atoms with Gasteiger partial charge in [-0.05, 0) is 49.2 Å². The molecule has 0 saturated carbocycles. The molecule has 3 N–H and O–H groups in total. The summed E-state index contributed by atoms with van der Waals surface area (Å²) >= 11 is 0. The quantitative estimate of drug-likeness (QED) is 0.568. The number of rotatable bonds is 9. The minimum absolute atomic E-state index is 0.00444. The molecule has 3 aromatic rings. The Morgan fingerprint density at radius 2 is 1.93 bits per heavy atom. The zero-order valence-electron chi connectivity index (χ0n) is 15.3. The van der Waals surface area contributed by atoms with Crippen molar-refractivity contribution in [2.24, 2.45) is 5.73 Å². The van der Waals surface area contributed by atoms with Crippen molar-refractivity contribution in [3.63, 3.8) is 0 Å². The van der Waals surface area contributed by atoms with E-state index in [0.29, 0.717) is 25.2 Å². The standard InChI is InChI=1S/C20H25N5O2/c21-12-5-2-1-3-11-19(26)22-17-9-7-8-16(14-17)15-25-20(27)24-13-6-4-10-18(24)23-25/h4,6-10,13-14H,1-3,5,11-12,15,21H2,(H,22,26). The number of carbonyl (C=O) groups excluding carboxylic acids is 1. The molecule has 0 aliphatic heterocycles. The van der Waals surface area contributed by atoms with Crippen molar-refractivity contribution >= 4 is 17.2 Å². The Kier molecular flexibility index (Phi) is 6.38. The summed E-state index contributed by atoms with van der Waals surface area (Å²) in [5.41, 5.74) is 7.53. The third kappa shape index (κ3) is 5.04. The van der Waals surface area contributed by atoms with Gasteiger partial charge in [-0.15, -0.1) is 5.10 Å². The van der Waals surface area contributed by atoms with Gasteiger partial charge in [0.15, 0.2) is 5.65 Å². The van der Waals surface area contributed by atoms with Crippen LogP contribution in [-0.2, 0) is 11.3 Å². The van der Waals surface area contributed by atoms with Crippen LogP contribution < -0.4 is 16.7 Å². The summed E-state index contributed by atoms with van der Waals surface area (Å²) in [6, 6.07) is 12.9. The number of carbonyl (C=O) groups is 1. The van der Waals surface area contributed by atoms with Crippen LogP contribution in [0, 0.1) is 0 Å². The van der Waals surface area contributed by atoms with Crippen molar-refractivity contribution in [3.05, 3.63) is 64.7 Å². The van der Waals surface area contributed by atoms with Crippen molar-refractivity contribution in [3.8, 4) is 0 Å². The Labute approximate surface area is 157 Å². The molecule has 142 valence electrons. The number of fused-ring (bicyclic) bond motifs is 1. The molecule has 7 nitrogen and oxygen atoms in total. The first-order valence-electron chi connectivity index (χ1n) is 9.30. The van der Waals surface area contributed by atoms with E-state index in [1.807, 2.05) is 30.3 Å². The van der Waals surface area contributed by atoms with Crippen LogP contribution in [0.15, 0.2) is 53.5 Å². The molecule has 27 heavy (non-hydrogen) atoms. The molecular formula is C20H25N5O2. The lowest BCUT2D eigenvalue weighted by atomic mass is 10.1. The number of unbranched alkanes of at least 4 members (excludes halogenated alkanes) is 3. The second kappa shape index (κ2) is 9.14. The topological polar surface area (TPSA) is 94.4 Å². The van der Waals surface area contributed by atoms with Crippen LogP contribution in [0.4, 0.5) is 5.69 Å². The van der Waals surface area contributed by atoms with Gasteiger partial charge in [0.2, 0.25) is 5.91 Å². The van der Waals surface area contributed by atoms with Gasteiger partial charge < -0.3 is 11.1 Å². The van der Waals surface area contributed by atoms with Crippen molar-refractivity contribution in [1.82, 2.24) is 14.2 Å². The Balaban J connectivity index is 1.61. The predicted molar refractivity (Wildman–Crippen MR) is 106 cm³/mol. The molecule has 0 atom stereocenters. The molecule has 0 fully saturated rings. The van der Waals surface area contributed by atoms with Gasteiger partial charge in [-0.25, -0.2) is 9.48 Å². The molecule has 0 spiro atoms. The van der Waals surface area contributed by atoms with Crippen LogP contribution in [-0.4, -0.2) is 26.6 Å². The first kappa shape index (κ1) is 18.8. The van der Waals surface area contributed by atoms with E-state index in [-0.39, 0.29) is 11.6 Å². The van der Waals surface area contributed by atoms with Crippen LogP contribution in [0.25, 0.3) is 5.65 Å². The van der Waals surface area contributed by atoms with E-state index in [1.165, 1.54) is 9.08 Å². The van der Waals surface area contributed by atoms with Gasteiger partial charge >= 0.3 is 5.69 Å². The molecule has 3 rings (SSSR count). The Morgan fingerprint density at radius 3 is 2.74 bits per heavy atom. The maximum absolute atomic E-state index is 12.4. The molecule has 2 heterocycles. The highest BCUT2D eigenvalue weighted by Gasteiger charge is 2.08. The van der Waals surface area contributed by atoms with E-state index in [2.05, 4.69) is 10.4 Å². The molecule has 1 aromatic carbocycles. The molecule has 1 amide bonds. The zero-order valence-corrected chi connectivity index (χ0v) is 15.3. The van der Waals surface area contributed by atoms with Gasteiger partial charge in [-0.2, -0.15) is 0 Å². The second-order valence-corrected chi connectivity index (χ2v) is 6.57. The number of aromatic nitrogens is 3. The lowest BCUT2D eigenvalue weighted by molar-refractivity contribution is -0.116. The number of nitrogens with one attached hydrogen (secondary N) is 1. The number of hydrogen-bond acceptors (Lipinski definition) is 4. The lowest BCUT2D eigenvalue weighted by Crippen LogP contribution is -2.21. The molecule has 7 heteroatoms. The van der Waals surface area contributed by atoms with E-state index in [4.69, 9.17) is 5.73 Å². The van der Waals surface area contributed by atoms with Crippen LogP contribution in [0.3, 0.4) is 0 Å². The van der Waals surface area contributed by atoms with Crippen LogP contribution in [0.1, 0.15) is 37.7 Å². The summed E-state index contributed by atoms with van der Waals surface area (Å²) in [7, 11) is 0. The smallest absolute Gasteiger partial charge is 0.330 e. The normalized spacial score (nSPS) is 11.0. The van der Waals surface area contributed by atoms with Crippen LogP contribution in [0.2, 0.25) is 0 Å². The van der Waals surface area contributed by atoms with Crippen molar-refractivity contribution in [1.29, 1.82) is 0 Å². The number of anilines is 1. The predicted octanol–water partition coefficient (Wildman–Crippen LogP) is 2.39. The van der Waals surface area contributed by atoms with E-state index < -0.39 is 0 Å². The first-order valence-corrected chi connectivity index (χ1v) is 9.30. The maximum atomic E-state index is 12.4. The first-order chi connectivity index (χ1) is 13.2. The third-order valence-electron chi connectivity index (χ3n) is 4.39. The highest BCUT2D eigenvalue weighted by molar-refractivity contribution is 5.90. The highest BCUT2D eigenvalue weighted by Crippen LogP contribution is 2.13. The van der Waals surface area contributed by atoms with E-state index >= 15 is 0 Å². The molecule has 0 aliphatic carbocycles. The van der Waals surface area contributed by atoms with Gasteiger partial charge in [-0.3, -0.25) is 9.20 Å². The summed E-state index contributed by atoms with van der Waals surface area (Å²) in [5, 5.41) is 7.26. The van der Waals surface area contributed by atoms with E-state index in [0.717, 1.165) is 36.9 Å². The number of nitrogens with two attached hydrogens (primary N) is 1. The fraction of sp³-hybridized carbons (Fsp3) is 0.350. The molecular weight excluding hydrogens is 342 g/mol. The number of nitrogens with zero attached hydrogens (tertiary/aromatic N) is 3. The number of benzene rings is 1. The van der Waals surface area contributed by atoms with Crippen molar-refractivity contribution in [2.75, 3.05) is 11.9 Å². The van der Waals surface area contributed by atoms with Crippen LogP contribution in [0.5, 0.6) is 0 Å². The fourth-order valence-electron chi connectivity index (χ4n) is 3.00. The van der Waals surface area contributed by atoms with Gasteiger partial charge in [-0.1, -0.05) is 31.0 Å². The Bertz CT molecular complexity index is 960. The average Bonchev–Trinajstić information content (AvgIpc) is 2.98. The highest BCUT2D eigenvalue weighted by atomic mass is 16.2. The molecule has 0 radical (unpaired) electrons. The third-order valence-corrected chi connectivity index (χ3v) is 4.39. The summed E-state index contributed by atoms with van der Waals surface area (Å²) < 4.78 is 2.93. The molecule has 0 bridgehead atoms. The van der Waals surface area contributed by atoms with Crippen molar-refractivity contribution < 1.29 is 4.79 Å². The van der Waals surface area contributed by atoms with Gasteiger partial charge in [0.25, 0.3) is 0 Å². The van der Waals surface area contributed by atoms with Gasteiger partial charge in [0, 0.05) is 18.3 Å². The molecule has 2 aromatic heterocycles. The van der Waals surface area contributed by atoms with E-state index in [9.17, 15) is 9.59 Å². The summed E-state index contributed by atoms with van der Waals surface area (Å²) in [6.07, 6.45) is 6.15. The summed E-state index contributed by atoms with van der Waals surface area (Å²) in [4.78, 5) is 24.5. The largest absolute Gasteiger partial charge is 0.350 e. The van der Waals surface area contributed by atoms with Gasteiger partial charge in [0.05, 0.1) is 6.54 Å². The second-order valence-electron chi connectivity index (χ2n) is 6.57. The number of hydrogen-bond donors (Lipinski definition) is 2. The zero-order chi connectivity index (χ0) is 19.1. The lowest BCUT2D eigenvalue weighted by Gasteiger charge is -2.07. The summed E-state index contributed by atoms with van der Waals surface area (Å²) in [5.74, 6) is 0.00444. The van der Waals surface area contributed by atoms with Crippen molar-refractivity contribution in [2.45, 2.75) is 38.6 Å².